The van der Waals surface area contributed by atoms with Crippen molar-refractivity contribution in [2.24, 2.45) is 0 Å². The largest absolute Gasteiger partial charge is 0.383 e. The molecule has 2 rings (SSSR count). The summed E-state index contributed by atoms with van der Waals surface area (Å²) in [7, 11) is 5.46. The van der Waals surface area contributed by atoms with Crippen LogP contribution in [0.25, 0.3) is 5.65 Å². The van der Waals surface area contributed by atoms with Crippen molar-refractivity contribution in [1.29, 1.82) is 0 Å². The Balaban J connectivity index is 2.21. The van der Waals surface area contributed by atoms with Crippen molar-refractivity contribution in [2.45, 2.75) is 6.54 Å². The Morgan fingerprint density at radius 1 is 1.24 bits per heavy atom. The maximum atomic E-state index is 5.15. The van der Waals surface area contributed by atoms with E-state index < -0.39 is 0 Å². The minimum absolute atomic E-state index is 0.681. The van der Waals surface area contributed by atoms with Crippen LogP contribution >= 0.6 is 0 Å². The van der Waals surface area contributed by atoms with Crippen LogP contribution in [0, 0.1) is 0 Å². The standard InChI is InChI=1S/C15H24N4O2/c1-18(9-11-21-3)15-13(12-16-7-10-20-2)19-8-5-4-6-14(19)17-15/h4-6,8,16H,7,9-12H2,1-3H3. The molecule has 0 bridgehead atoms. The molecular formula is C15H24N4O2. The fourth-order valence-electron chi connectivity index (χ4n) is 2.22. The molecule has 0 radical (unpaired) electrons. The molecule has 6 nitrogen and oxygen atoms in total. The molecule has 2 heterocycles. The van der Waals surface area contributed by atoms with Gasteiger partial charge in [-0.2, -0.15) is 0 Å². The first-order valence-corrected chi connectivity index (χ1v) is 7.13. The van der Waals surface area contributed by atoms with Crippen molar-refractivity contribution < 1.29 is 9.47 Å². The Morgan fingerprint density at radius 3 is 2.81 bits per heavy atom. The molecule has 0 fully saturated rings. The average Bonchev–Trinajstić information content (AvgIpc) is 2.88. The molecule has 2 aromatic heterocycles. The van der Waals surface area contributed by atoms with Gasteiger partial charge in [-0.3, -0.25) is 0 Å². The molecule has 1 N–H and O–H groups in total. The van der Waals surface area contributed by atoms with Crippen molar-refractivity contribution in [3.8, 4) is 0 Å². The van der Waals surface area contributed by atoms with E-state index in [9.17, 15) is 0 Å². The molecule has 0 aliphatic carbocycles. The van der Waals surface area contributed by atoms with E-state index in [1.807, 2.05) is 31.4 Å². The summed E-state index contributed by atoms with van der Waals surface area (Å²) in [5.74, 6) is 0.989. The predicted molar refractivity (Wildman–Crippen MR) is 83.9 cm³/mol. The smallest absolute Gasteiger partial charge is 0.152 e. The highest BCUT2D eigenvalue weighted by molar-refractivity contribution is 5.55. The number of likely N-dealkylation sites (N-methyl/N-ethyl adjacent to an activating group) is 1. The van der Waals surface area contributed by atoms with Crippen LogP contribution in [-0.4, -0.2) is 57.0 Å². The molecule has 0 aromatic carbocycles. The van der Waals surface area contributed by atoms with Gasteiger partial charge >= 0.3 is 0 Å². The first-order valence-electron chi connectivity index (χ1n) is 7.13. The third-order valence-electron chi connectivity index (χ3n) is 3.38. The lowest BCUT2D eigenvalue weighted by molar-refractivity contribution is 0.199. The van der Waals surface area contributed by atoms with Gasteiger partial charge in [-0.25, -0.2) is 4.98 Å². The van der Waals surface area contributed by atoms with Crippen molar-refractivity contribution in [1.82, 2.24) is 14.7 Å². The second-order valence-corrected chi connectivity index (χ2v) is 4.89. The first kappa shape index (κ1) is 15.8. The minimum Gasteiger partial charge on any atom is -0.383 e. The van der Waals surface area contributed by atoms with Gasteiger partial charge in [-0.15, -0.1) is 0 Å². The number of fused-ring (bicyclic) bond motifs is 1. The maximum absolute atomic E-state index is 5.15. The third-order valence-corrected chi connectivity index (χ3v) is 3.38. The Hall–Kier alpha value is -1.63. The number of ether oxygens (including phenoxy) is 2. The second-order valence-electron chi connectivity index (χ2n) is 4.89. The third kappa shape index (κ3) is 3.93. The summed E-state index contributed by atoms with van der Waals surface area (Å²) in [5, 5.41) is 3.39. The van der Waals surface area contributed by atoms with Crippen molar-refractivity contribution in [2.75, 3.05) is 52.5 Å². The summed E-state index contributed by atoms with van der Waals surface area (Å²) in [6.45, 7) is 3.76. The number of rotatable bonds is 9. The van der Waals surface area contributed by atoms with E-state index in [1.54, 1.807) is 14.2 Å². The summed E-state index contributed by atoms with van der Waals surface area (Å²) in [5.41, 5.74) is 2.11. The van der Waals surface area contributed by atoms with Crippen LogP contribution in [-0.2, 0) is 16.0 Å². The van der Waals surface area contributed by atoms with Crippen molar-refractivity contribution >= 4 is 11.5 Å². The Kier molecular flexibility index (Phi) is 5.98. The SMILES string of the molecule is COCCNCc1c(N(C)CCOC)nc2ccccn12. The van der Waals surface area contributed by atoms with Gasteiger partial charge in [0.25, 0.3) is 0 Å². The highest BCUT2D eigenvalue weighted by atomic mass is 16.5. The van der Waals surface area contributed by atoms with Crippen molar-refractivity contribution in [3.63, 3.8) is 0 Å². The van der Waals surface area contributed by atoms with Gasteiger partial charge in [0.2, 0.25) is 0 Å². The van der Waals surface area contributed by atoms with Gasteiger partial charge in [0, 0.05) is 47.1 Å². The van der Waals surface area contributed by atoms with Crippen molar-refractivity contribution in [3.05, 3.63) is 30.1 Å². The lowest BCUT2D eigenvalue weighted by Gasteiger charge is -2.18. The van der Waals surface area contributed by atoms with Crippen LogP contribution in [0.15, 0.2) is 24.4 Å². The van der Waals surface area contributed by atoms with Gasteiger partial charge < -0.3 is 24.1 Å². The monoisotopic (exact) mass is 292 g/mol. The van der Waals surface area contributed by atoms with Gasteiger partial charge in [0.1, 0.15) is 5.65 Å². The quantitative estimate of drug-likeness (QED) is 0.703. The number of imidazole rings is 1. The van der Waals surface area contributed by atoms with Crippen LogP contribution in [0.1, 0.15) is 5.69 Å². The summed E-state index contributed by atoms with van der Waals surface area (Å²) in [6.07, 6.45) is 2.04. The molecule has 0 spiro atoms. The molecule has 21 heavy (non-hydrogen) atoms. The molecule has 0 aliphatic rings. The molecule has 2 aromatic rings. The number of methoxy groups -OCH3 is 2. The van der Waals surface area contributed by atoms with Crippen LogP contribution in [0.2, 0.25) is 0 Å². The number of hydrogen-bond donors (Lipinski definition) is 1. The maximum Gasteiger partial charge on any atom is 0.152 e. The number of aromatic nitrogens is 2. The molecular weight excluding hydrogens is 268 g/mol. The topological polar surface area (TPSA) is 51.0 Å². The molecule has 6 heteroatoms. The normalized spacial score (nSPS) is 11.2. The van der Waals surface area contributed by atoms with Gasteiger partial charge in [0.05, 0.1) is 18.9 Å². The number of nitrogens with one attached hydrogen (secondary N) is 1. The number of anilines is 1. The van der Waals surface area contributed by atoms with Gasteiger partial charge in [-0.1, -0.05) is 6.07 Å². The van der Waals surface area contributed by atoms with E-state index in [-0.39, 0.29) is 0 Å². The lowest BCUT2D eigenvalue weighted by atomic mass is 10.3. The van der Waals surface area contributed by atoms with Gasteiger partial charge in [0.15, 0.2) is 5.82 Å². The predicted octanol–water partition coefficient (Wildman–Crippen LogP) is 1.15. The highest BCUT2D eigenvalue weighted by Crippen LogP contribution is 2.20. The zero-order chi connectivity index (χ0) is 15.1. The molecule has 0 saturated heterocycles. The molecule has 0 unspecified atom stereocenters. The fraction of sp³-hybridized carbons (Fsp3) is 0.533. The zero-order valence-corrected chi connectivity index (χ0v) is 13.0. The molecule has 0 aliphatic heterocycles. The minimum atomic E-state index is 0.681. The number of pyridine rings is 1. The Labute approximate surface area is 125 Å². The van der Waals surface area contributed by atoms with E-state index in [0.29, 0.717) is 13.2 Å². The number of hydrogen-bond acceptors (Lipinski definition) is 5. The van der Waals surface area contributed by atoms with Gasteiger partial charge in [-0.05, 0) is 12.1 Å². The van der Waals surface area contributed by atoms with Crippen LogP contribution in [0.3, 0.4) is 0 Å². The van der Waals surface area contributed by atoms with Crippen LogP contribution in [0.5, 0.6) is 0 Å². The summed E-state index contributed by atoms with van der Waals surface area (Å²) in [6, 6.07) is 6.04. The summed E-state index contributed by atoms with van der Waals surface area (Å²) < 4.78 is 12.3. The van der Waals surface area contributed by atoms with E-state index >= 15 is 0 Å². The van der Waals surface area contributed by atoms with E-state index in [2.05, 4.69) is 14.6 Å². The van der Waals surface area contributed by atoms with E-state index in [0.717, 1.165) is 36.8 Å². The van der Waals surface area contributed by atoms with E-state index in [4.69, 9.17) is 14.5 Å². The first-order chi connectivity index (χ1) is 10.3. The van der Waals surface area contributed by atoms with Crippen LogP contribution < -0.4 is 10.2 Å². The van der Waals surface area contributed by atoms with E-state index in [1.165, 1.54) is 0 Å². The molecule has 0 atom stereocenters. The summed E-state index contributed by atoms with van der Waals surface area (Å²) in [4.78, 5) is 6.86. The Morgan fingerprint density at radius 2 is 2.05 bits per heavy atom. The fourth-order valence-corrected chi connectivity index (χ4v) is 2.22. The number of nitrogens with zero attached hydrogens (tertiary/aromatic N) is 3. The zero-order valence-electron chi connectivity index (χ0n) is 13.0. The molecule has 0 amide bonds. The highest BCUT2D eigenvalue weighted by Gasteiger charge is 2.14. The van der Waals surface area contributed by atoms with Crippen LogP contribution in [0.4, 0.5) is 5.82 Å². The molecule has 0 saturated carbocycles. The Bertz CT molecular complexity index is 556. The lowest BCUT2D eigenvalue weighted by Crippen LogP contribution is -2.26. The molecule has 116 valence electrons. The average molecular weight is 292 g/mol. The second kappa shape index (κ2) is 7.97. The summed E-state index contributed by atoms with van der Waals surface area (Å²) >= 11 is 0.